The van der Waals surface area contributed by atoms with E-state index in [1.165, 1.54) is 5.56 Å². The van der Waals surface area contributed by atoms with Crippen molar-refractivity contribution in [3.8, 4) is 5.75 Å². The summed E-state index contributed by atoms with van der Waals surface area (Å²) >= 11 is 12.3. The number of benzene rings is 2. The Kier molecular flexibility index (Phi) is 4.36. The van der Waals surface area contributed by atoms with Gasteiger partial charge in [0.1, 0.15) is 5.75 Å². The lowest BCUT2D eigenvalue weighted by Gasteiger charge is -2.18. The Hall–Kier alpha value is -1.26. The monoisotopic (exact) mass is 322 g/mol. The van der Waals surface area contributed by atoms with Crippen molar-refractivity contribution in [2.24, 2.45) is 5.84 Å². The molecule has 1 aliphatic rings. The zero-order valence-electron chi connectivity index (χ0n) is 11.4. The minimum Gasteiger partial charge on any atom is -0.493 e. The van der Waals surface area contributed by atoms with Crippen LogP contribution in [0.1, 0.15) is 22.7 Å². The van der Waals surface area contributed by atoms with Gasteiger partial charge in [0, 0.05) is 16.5 Å². The number of halogens is 2. The van der Waals surface area contributed by atoms with Gasteiger partial charge < -0.3 is 4.74 Å². The van der Waals surface area contributed by atoms with E-state index in [2.05, 4.69) is 11.5 Å². The van der Waals surface area contributed by atoms with Crippen molar-refractivity contribution >= 4 is 23.2 Å². The first kappa shape index (κ1) is 14.7. The van der Waals surface area contributed by atoms with Crippen LogP contribution in [0.5, 0.6) is 5.75 Å². The van der Waals surface area contributed by atoms with Crippen LogP contribution < -0.4 is 16.0 Å². The van der Waals surface area contributed by atoms with Crippen molar-refractivity contribution in [2.45, 2.75) is 18.9 Å². The normalized spacial score (nSPS) is 14.6. The van der Waals surface area contributed by atoms with E-state index in [9.17, 15) is 0 Å². The Morgan fingerprint density at radius 2 is 2.05 bits per heavy atom. The van der Waals surface area contributed by atoms with E-state index in [0.717, 1.165) is 29.9 Å². The molecule has 1 unspecified atom stereocenters. The fourth-order valence-electron chi connectivity index (χ4n) is 2.62. The molecule has 0 bridgehead atoms. The highest BCUT2D eigenvalue weighted by Gasteiger charge is 2.17. The van der Waals surface area contributed by atoms with Gasteiger partial charge in [-0.25, -0.2) is 0 Å². The predicted octanol–water partition coefficient (Wildman–Crippen LogP) is 3.68. The molecule has 2 aromatic carbocycles. The average molecular weight is 323 g/mol. The third-order valence-corrected chi connectivity index (χ3v) is 4.35. The average Bonchev–Trinajstić information content (AvgIpc) is 2.95. The van der Waals surface area contributed by atoms with Crippen LogP contribution in [-0.2, 0) is 12.8 Å². The van der Waals surface area contributed by atoms with E-state index < -0.39 is 0 Å². The molecule has 3 rings (SSSR count). The summed E-state index contributed by atoms with van der Waals surface area (Å²) in [6.07, 6.45) is 1.62. The number of nitrogens with one attached hydrogen (secondary N) is 1. The number of nitrogens with two attached hydrogens (primary N) is 1. The van der Waals surface area contributed by atoms with Gasteiger partial charge in [-0.1, -0.05) is 35.3 Å². The Labute approximate surface area is 134 Å². The lowest BCUT2D eigenvalue weighted by Crippen LogP contribution is -2.29. The molecule has 0 amide bonds. The standard InChI is InChI=1S/C16H16Cl2N2O/c17-13-2-3-14(18)12(8-13)9-15(20-19)10-1-4-16-11(7-10)5-6-21-16/h1-4,7-8,15,20H,5-6,9,19H2. The zero-order valence-corrected chi connectivity index (χ0v) is 12.9. The molecule has 0 spiro atoms. The molecular weight excluding hydrogens is 307 g/mol. The summed E-state index contributed by atoms with van der Waals surface area (Å²) in [4.78, 5) is 0. The van der Waals surface area contributed by atoms with Crippen molar-refractivity contribution < 1.29 is 4.74 Å². The van der Waals surface area contributed by atoms with Crippen molar-refractivity contribution in [1.29, 1.82) is 0 Å². The topological polar surface area (TPSA) is 47.3 Å². The van der Waals surface area contributed by atoms with Gasteiger partial charge in [-0.15, -0.1) is 0 Å². The van der Waals surface area contributed by atoms with Gasteiger partial charge in [0.15, 0.2) is 0 Å². The zero-order chi connectivity index (χ0) is 14.8. The molecule has 0 aliphatic carbocycles. The number of fused-ring (bicyclic) bond motifs is 1. The minimum atomic E-state index is -0.0214. The lowest BCUT2D eigenvalue weighted by molar-refractivity contribution is 0.356. The smallest absolute Gasteiger partial charge is 0.122 e. The highest BCUT2D eigenvalue weighted by atomic mass is 35.5. The number of rotatable bonds is 4. The molecule has 0 fully saturated rings. The van der Waals surface area contributed by atoms with E-state index in [-0.39, 0.29) is 6.04 Å². The second kappa shape index (κ2) is 6.24. The summed E-state index contributed by atoms with van der Waals surface area (Å²) in [5.74, 6) is 6.70. The number of ether oxygens (including phenoxy) is 1. The summed E-state index contributed by atoms with van der Waals surface area (Å²) in [7, 11) is 0. The van der Waals surface area contributed by atoms with E-state index in [1.807, 2.05) is 24.3 Å². The fourth-order valence-corrected chi connectivity index (χ4v) is 3.01. The van der Waals surface area contributed by atoms with Crippen LogP contribution in [0.4, 0.5) is 0 Å². The Bertz CT molecular complexity index is 661. The number of hydrazine groups is 1. The van der Waals surface area contributed by atoms with Crippen LogP contribution in [0.2, 0.25) is 10.0 Å². The summed E-state index contributed by atoms with van der Waals surface area (Å²) in [6.45, 7) is 0.750. The molecule has 0 saturated heterocycles. The van der Waals surface area contributed by atoms with Crippen LogP contribution in [-0.4, -0.2) is 6.61 Å². The third kappa shape index (κ3) is 3.16. The fraction of sp³-hybridized carbons (Fsp3) is 0.250. The first-order valence-corrected chi connectivity index (χ1v) is 7.58. The maximum absolute atomic E-state index is 6.23. The second-order valence-electron chi connectivity index (χ2n) is 5.12. The van der Waals surface area contributed by atoms with Crippen molar-refractivity contribution in [1.82, 2.24) is 5.43 Å². The van der Waals surface area contributed by atoms with E-state index in [0.29, 0.717) is 16.5 Å². The van der Waals surface area contributed by atoms with Gasteiger partial charge in [-0.05, 0) is 47.4 Å². The lowest BCUT2D eigenvalue weighted by atomic mass is 9.97. The van der Waals surface area contributed by atoms with Gasteiger partial charge >= 0.3 is 0 Å². The summed E-state index contributed by atoms with van der Waals surface area (Å²) in [5.41, 5.74) is 6.19. The largest absolute Gasteiger partial charge is 0.493 e. The molecule has 1 aliphatic heterocycles. The molecule has 3 nitrogen and oxygen atoms in total. The van der Waals surface area contributed by atoms with Crippen molar-refractivity contribution in [3.05, 3.63) is 63.1 Å². The molecule has 5 heteroatoms. The van der Waals surface area contributed by atoms with Crippen LogP contribution >= 0.6 is 23.2 Å². The molecule has 2 aromatic rings. The number of hydrogen-bond acceptors (Lipinski definition) is 3. The van der Waals surface area contributed by atoms with Crippen LogP contribution in [0.15, 0.2) is 36.4 Å². The van der Waals surface area contributed by atoms with Gasteiger partial charge in [0.05, 0.1) is 12.6 Å². The van der Waals surface area contributed by atoms with Crippen LogP contribution in [0, 0.1) is 0 Å². The first-order valence-electron chi connectivity index (χ1n) is 6.83. The molecule has 1 atom stereocenters. The van der Waals surface area contributed by atoms with E-state index >= 15 is 0 Å². The molecule has 1 heterocycles. The first-order chi connectivity index (χ1) is 10.2. The number of hydrogen-bond donors (Lipinski definition) is 2. The van der Waals surface area contributed by atoms with Gasteiger partial charge in [-0.2, -0.15) is 0 Å². The highest BCUT2D eigenvalue weighted by molar-refractivity contribution is 6.33. The van der Waals surface area contributed by atoms with Gasteiger partial charge in [0.2, 0.25) is 0 Å². The second-order valence-corrected chi connectivity index (χ2v) is 5.97. The van der Waals surface area contributed by atoms with E-state index in [1.54, 1.807) is 6.07 Å². The SMILES string of the molecule is NNC(Cc1cc(Cl)ccc1Cl)c1ccc2c(c1)CCO2. The van der Waals surface area contributed by atoms with Crippen LogP contribution in [0.3, 0.4) is 0 Å². The Morgan fingerprint density at radius 1 is 1.19 bits per heavy atom. The Balaban J connectivity index is 1.86. The molecule has 0 saturated carbocycles. The predicted molar refractivity (Wildman–Crippen MR) is 85.9 cm³/mol. The Morgan fingerprint density at radius 3 is 2.86 bits per heavy atom. The van der Waals surface area contributed by atoms with Crippen molar-refractivity contribution in [2.75, 3.05) is 6.61 Å². The maximum atomic E-state index is 6.23. The van der Waals surface area contributed by atoms with Gasteiger partial charge in [-0.3, -0.25) is 11.3 Å². The third-order valence-electron chi connectivity index (χ3n) is 3.75. The molecule has 110 valence electrons. The molecular formula is C16H16Cl2N2O. The highest BCUT2D eigenvalue weighted by Crippen LogP contribution is 2.30. The van der Waals surface area contributed by atoms with Gasteiger partial charge in [0.25, 0.3) is 0 Å². The molecule has 0 aromatic heterocycles. The minimum absolute atomic E-state index is 0.0214. The maximum Gasteiger partial charge on any atom is 0.122 e. The summed E-state index contributed by atoms with van der Waals surface area (Å²) < 4.78 is 5.53. The van der Waals surface area contributed by atoms with Crippen molar-refractivity contribution in [3.63, 3.8) is 0 Å². The molecule has 3 N–H and O–H groups in total. The summed E-state index contributed by atoms with van der Waals surface area (Å²) in [6, 6.07) is 11.6. The molecule has 0 radical (unpaired) electrons. The quantitative estimate of drug-likeness (QED) is 0.666. The van der Waals surface area contributed by atoms with Crippen LogP contribution in [0.25, 0.3) is 0 Å². The molecule has 21 heavy (non-hydrogen) atoms. The van der Waals surface area contributed by atoms with E-state index in [4.69, 9.17) is 33.8 Å². The summed E-state index contributed by atoms with van der Waals surface area (Å²) in [5, 5.41) is 1.37.